The van der Waals surface area contributed by atoms with Gasteiger partial charge >= 0.3 is 0 Å². The van der Waals surface area contributed by atoms with Gasteiger partial charge in [0.05, 0.1) is 0 Å². The summed E-state index contributed by atoms with van der Waals surface area (Å²) >= 11 is 11.5. The molecule has 2 aliphatic rings. The van der Waals surface area contributed by atoms with E-state index in [1.165, 1.54) is 87.6 Å². The number of rotatable bonds is 8. The second-order valence-corrected chi connectivity index (χ2v) is 18.6. The lowest BCUT2D eigenvalue weighted by Crippen LogP contribution is -2.15. The van der Waals surface area contributed by atoms with Gasteiger partial charge in [-0.1, -0.05) is 134 Å². The fraction of sp³-hybridized carbons (Fsp3) is 0.538. The summed E-state index contributed by atoms with van der Waals surface area (Å²) in [5, 5.41) is 2.20. The number of unbranched alkanes of at least 4 members (excludes halogenated alkanes) is 2. The van der Waals surface area contributed by atoms with Gasteiger partial charge in [-0.25, -0.2) is 0 Å². The Morgan fingerprint density at radius 2 is 1.09 bits per heavy atom. The maximum atomic E-state index is 3.69. The van der Waals surface area contributed by atoms with Gasteiger partial charge in [-0.3, -0.25) is 0 Å². The Hall–Kier alpha value is -0.680. The highest BCUT2D eigenvalue weighted by atomic mass is 79.9. The molecule has 0 spiro atoms. The Kier molecular flexibility index (Phi) is 11.3. The molecule has 4 heteroatoms. The third kappa shape index (κ3) is 8.38. The lowest BCUT2D eigenvalue weighted by molar-refractivity contribution is 0.454. The predicted octanol–water partition coefficient (Wildman–Crippen LogP) is 13.1. The van der Waals surface area contributed by atoms with Crippen LogP contribution in [-0.4, -0.2) is 10.7 Å². The molecule has 0 saturated heterocycles. The normalized spacial score (nSPS) is 18.5. The molecule has 0 nitrogen and oxygen atoms in total. The zero-order valence-corrected chi connectivity index (χ0v) is 31.9. The zero-order chi connectivity index (χ0) is 30.8. The van der Waals surface area contributed by atoms with Crippen molar-refractivity contribution in [3.8, 4) is 0 Å². The smallest absolute Gasteiger partial charge is 0.0160 e. The standard InChI is InChI=1S/C39H50Br2S2/c1-38(2,3)31-15-13-28-19-26(11-7-9-17-40)20-30-22-37-33(25-36(30)42-34(28)23-31)27(12-8-10-18-41)21-29-14-16-32(39(4,5)6)24-35(29)43-37/h13-16,22-27H,7-12,17-21H2,1-6H3/t26-,27?/m1/s1. The van der Waals surface area contributed by atoms with Crippen molar-refractivity contribution in [3.63, 3.8) is 0 Å². The van der Waals surface area contributed by atoms with E-state index in [1.54, 1.807) is 16.7 Å². The molecule has 3 aromatic rings. The molecule has 5 rings (SSSR count). The summed E-state index contributed by atoms with van der Waals surface area (Å²) in [6.45, 7) is 14.0. The Morgan fingerprint density at radius 3 is 1.67 bits per heavy atom. The van der Waals surface area contributed by atoms with E-state index >= 15 is 0 Å². The highest BCUT2D eigenvalue weighted by molar-refractivity contribution is 9.09. The summed E-state index contributed by atoms with van der Waals surface area (Å²) in [6.07, 6.45) is 11.1. The number of hydrogen-bond donors (Lipinski definition) is 0. The number of benzene rings is 3. The molecule has 0 aromatic heterocycles. The van der Waals surface area contributed by atoms with Crippen molar-refractivity contribution in [2.75, 3.05) is 10.7 Å². The molecule has 43 heavy (non-hydrogen) atoms. The van der Waals surface area contributed by atoms with E-state index in [-0.39, 0.29) is 10.8 Å². The van der Waals surface area contributed by atoms with Crippen molar-refractivity contribution in [1.82, 2.24) is 0 Å². The van der Waals surface area contributed by atoms with Crippen LogP contribution in [0.25, 0.3) is 0 Å². The van der Waals surface area contributed by atoms with Crippen molar-refractivity contribution in [1.29, 1.82) is 0 Å². The van der Waals surface area contributed by atoms with Gasteiger partial charge in [0.2, 0.25) is 0 Å². The van der Waals surface area contributed by atoms with Gasteiger partial charge in [-0.05, 0) is 125 Å². The van der Waals surface area contributed by atoms with E-state index in [4.69, 9.17) is 0 Å². The molecule has 0 radical (unpaired) electrons. The van der Waals surface area contributed by atoms with Crippen LogP contribution in [0, 0.1) is 5.92 Å². The zero-order valence-electron chi connectivity index (χ0n) is 27.1. The summed E-state index contributed by atoms with van der Waals surface area (Å²) in [5.41, 5.74) is 9.44. The van der Waals surface area contributed by atoms with Crippen molar-refractivity contribution in [2.24, 2.45) is 5.92 Å². The third-order valence-electron chi connectivity index (χ3n) is 9.35. The van der Waals surface area contributed by atoms with E-state index in [0.717, 1.165) is 17.1 Å². The molecule has 232 valence electrons. The maximum Gasteiger partial charge on any atom is 0.0160 e. The third-order valence-corrected chi connectivity index (χ3v) is 12.8. The molecular formula is C39H50Br2S2. The molecule has 0 N–H and O–H groups in total. The lowest BCUT2D eigenvalue weighted by atomic mass is 9.83. The monoisotopic (exact) mass is 740 g/mol. The number of fused-ring (bicyclic) bond motifs is 4. The van der Waals surface area contributed by atoms with Gasteiger partial charge in [0.15, 0.2) is 0 Å². The molecule has 0 bridgehead atoms. The summed E-state index contributed by atoms with van der Waals surface area (Å²) in [7, 11) is 0. The minimum absolute atomic E-state index is 0.151. The average molecular weight is 743 g/mol. The van der Waals surface area contributed by atoms with Crippen LogP contribution in [0.2, 0.25) is 0 Å². The summed E-state index contributed by atoms with van der Waals surface area (Å²) in [4.78, 5) is 5.97. The van der Waals surface area contributed by atoms with Gasteiger partial charge < -0.3 is 0 Å². The van der Waals surface area contributed by atoms with Crippen LogP contribution < -0.4 is 0 Å². The fourth-order valence-corrected chi connectivity index (χ4v) is 9.84. The molecule has 1 unspecified atom stereocenters. The molecule has 0 aliphatic carbocycles. The minimum atomic E-state index is 0.151. The molecule has 2 atom stereocenters. The summed E-state index contributed by atoms with van der Waals surface area (Å²) < 4.78 is 0. The largest absolute Gasteiger partial charge is 0.0928 e. The second kappa shape index (κ2) is 14.4. The predicted molar refractivity (Wildman–Crippen MR) is 198 cm³/mol. The Morgan fingerprint density at radius 1 is 0.581 bits per heavy atom. The summed E-state index contributed by atoms with van der Waals surface area (Å²) in [6, 6.07) is 20.0. The molecule has 0 saturated carbocycles. The topological polar surface area (TPSA) is 0 Å². The van der Waals surface area contributed by atoms with Crippen molar-refractivity contribution >= 4 is 55.4 Å². The van der Waals surface area contributed by atoms with Crippen LogP contribution in [0.5, 0.6) is 0 Å². The fourth-order valence-electron chi connectivity index (χ4n) is 6.63. The van der Waals surface area contributed by atoms with Gasteiger partial charge in [0.25, 0.3) is 0 Å². The first-order valence-corrected chi connectivity index (χ1v) is 20.2. The van der Waals surface area contributed by atoms with Crippen molar-refractivity contribution < 1.29 is 0 Å². The van der Waals surface area contributed by atoms with Crippen LogP contribution >= 0.6 is 55.4 Å². The van der Waals surface area contributed by atoms with Gasteiger partial charge in [0, 0.05) is 30.2 Å². The Balaban J connectivity index is 1.61. The number of halogens is 2. The quantitative estimate of drug-likeness (QED) is 0.167. The SMILES string of the molecule is CC(C)(C)c1ccc2c(c1)Sc1cc3c(cc1C[C@H](CCCCBr)C2)Sc1cc(C(C)(C)C)ccc1CC3CCCCBr. The number of hydrogen-bond acceptors (Lipinski definition) is 2. The van der Waals surface area contributed by atoms with E-state index in [1.807, 2.05) is 0 Å². The van der Waals surface area contributed by atoms with Gasteiger partial charge in [-0.2, -0.15) is 0 Å². The van der Waals surface area contributed by atoms with E-state index in [0.29, 0.717) is 11.8 Å². The van der Waals surface area contributed by atoms with Crippen LogP contribution in [0.3, 0.4) is 0 Å². The first kappa shape index (κ1) is 33.7. The van der Waals surface area contributed by atoms with Gasteiger partial charge in [-0.15, -0.1) is 0 Å². The molecule has 2 heterocycles. The van der Waals surface area contributed by atoms with Crippen LogP contribution in [-0.2, 0) is 30.1 Å². The molecule has 0 amide bonds. The van der Waals surface area contributed by atoms with Crippen LogP contribution in [0.4, 0.5) is 0 Å². The minimum Gasteiger partial charge on any atom is -0.0928 e. The van der Waals surface area contributed by atoms with E-state index in [2.05, 4.69) is 145 Å². The Labute approximate surface area is 287 Å². The van der Waals surface area contributed by atoms with E-state index in [9.17, 15) is 0 Å². The highest BCUT2D eigenvalue weighted by Gasteiger charge is 2.28. The molecule has 3 aromatic carbocycles. The lowest BCUT2D eigenvalue weighted by Gasteiger charge is -2.28. The summed E-state index contributed by atoms with van der Waals surface area (Å²) in [5.74, 6) is 1.25. The number of alkyl halides is 2. The van der Waals surface area contributed by atoms with Gasteiger partial charge in [0.1, 0.15) is 0 Å². The first-order chi connectivity index (χ1) is 20.5. The Bertz CT molecular complexity index is 1410. The second-order valence-electron chi connectivity index (χ2n) is 14.9. The average Bonchev–Trinajstić information content (AvgIpc) is 3.07. The van der Waals surface area contributed by atoms with Crippen LogP contribution in [0.15, 0.2) is 68.1 Å². The molecular weight excluding hydrogens is 692 g/mol. The first-order valence-electron chi connectivity index (χ1n) is 16.4. The van der Waals surface area contributed by atoms with Crippen LogP contribution in [0.1, 0.15) is 119 Å². The molecule has 0 fully saturated rings. The molecule has 2 aliphatic heterocycles. The van der Waals surface area contributed by atoms with Crippen molar-refractivity contribution in [3.05, 3.63) is 81.9 Å². The van der Waals surface area contributed by atoms with Crippen molar-refractivity contribution in [2.45, 2.75) is 136 Å². The van der Waals surface area contributed by atoms with E-state index < -0.39 is 0 Å². The maximum absolute atomic E-state index is 3.69. The highest BCUT2D eigenvalue weighted by Crippen LogP contribution is 2.49.